The number of nitrogens with zero attached hydrogens (tertiary/aromatic N) is 1. The number of ether oxygens (including phenoxy) is 1. The van der Waals surface area contributed by atoms with Crippen molar-refractivity contribution in [3.05, 3.63) is 29.8 Å². The number of carbonyl (C=O) groups is 1. The van der Waals surface area contributed by atoms with E-state index in [9.17, 15) is 21.6 Å². The first-order chi connectivity index (χ1) is 11.6. The van der Waals surface area contributed by atoms with Crippen molar-refractivity contribution in [2.24, 2.45) is 0 Å². The molecule has 8 nitrogen and oxygen atoms in total. The van der Waals surface area contributed by atoms with Crippen molar-refractivity contribution < 1.29 is 26.4 Å². The summed E-state index contributed by atoms with van der Waals surface area (Å²) in [4.78, 5) is 12.2. The van der Waals surface area contributed by atoms with Crippen molar-refractivity contribution in [2.45, 2.75) is 19.0 Å². The van der Waals surface area contributed by atoms with Gasteiger partial charge in [-0.25, -0.2) is 16.8 Å². The Bertz CT molecular complexity index is 835. The molecule has 1 atom stereocenters. The molecule has 0 aliphatic carbocycles. The highest BCUT2D eigenvalue weighted by Gasteiger charge is 2.30. The molecule has 1 aliphatic rings. The number of hydrogen-bond acceptors (Lipinski definition) is 6. The molecule has 1 saturated heterocycles. The molecule has 1 heterocycles. The predicted octanol–water partition coefficient (Wildman–Crippen LogP) is -0.240. The van der Waals surface area contributed by atoms with Crippen LogP contribution in [-0.2, 0) is 31.2 Å². The number of carbonyl (C=O) groups excluding carboxylic acids is 1. The zero-order chi connectivity index (χ0) is 18.7. The van der Waals surface area contributed by atoms with Crippen molar-refractivity contribution in [1.29, 1.82) is 0 Å². The van der Waals surface area contributed by atoms with E-state index in [4.69, 9.17) is 4.74 Å². The lowest BCUT2D eigenvalue weighted by Gasteiger charge is -2.21. The van der Waals surface area contributed by atoms with Gasteiger partial charge in [-0.2, -0.15) is 4.31 Å². The van der Waals surface area contributed by atoms with Gasteiger partial charge in [0.2, 0.25) is 15.9 Å². The van der Waals surface area contributed by atoms with Gasteiger partial charge < -0.3 is 10.1 Å². The lowest BCUT2D eigenvalue weighted by atomic mass is 10.2. The fourth-order valence-electron chi connectivity index (χ4n) is 2.66. The third-order valence-corrected chi connectivity index (χ3v) is 6.89. The maximum atomic E-state index is 12.2. The minimum atomic E-state index is -3.64. The first kappa shape index (κ1) is 19.7. The van der Waals surface area contributed by atoms with E-state index in [1.54, 1.807) is 24.3 Å². The van der Waals surface area contributed by atoms with Crippen LogP contribution in [0.25, 0.3) is 0 Å². The Kier molecular flexibility index (Phi) is 6.07. The minimum Gasteiger partial charge on any atom is -0.496 e. The van der Waals surface area contributed by atoms with Gasteiger partial charge in [0.15, 0.2) is 9.84 Å². The van der Waals surface area contributed by atoms with Crippen LogP contribution in [-0.4, -0.2) is 64.5 Å². The summed E-state index contributed by atoms with van der Waals surface area (Å²) in [6.45, 7) is -0.396. The zero-order valence-electron chi connectivity index (χ0n) is 14.1. The number of hydrogen-bond donors (Lipinski definition) is 1. The third kappa shape index (κ3) is 5.68. The number of rotatable bonds is 7. The van der Waals surface area contributed by atoms with Gasteiger partial charge in [-0.1, -0.05) is 18.2 Å². The maximum Gasteiger partial charge on any atom is 0.235 e. The van der Waals surface area contributed by atoms with Gasteiger partial charge in [-0.05, 0) is 12.5 Å². The average molecular weight is 390 g/mol. The highest BCUT2D eigenvalue weighted by molar-refractivity contribution is 7.91. The van der Waals surface area contributed by atoms with Crippen LogP contribution in [0.5, 0.6) is 5.75 Å². The van der Waals surface area contributed by atoms with Crippen molar-refractivity contribution >= 4 is 25.8 Å². The summed E-state index contributed by atoms with van der Waals surface area (Å²) < 4.78 is 53.2. The number of amides is 1. The Morgan fingerprint density at radius 1 is 1.36 bits per heavy atom. The largest absolute Gasteiger partial charge is 0.496 e. The van der Waals surface area contributed by atoms with E-state index in [0.29, 0.717) is 17.7 Å². The van der Waals surface area contributed by atoms with Crippen LogP contribution in [0.15, 0.2) is 24.3 Å². The Labute approximate surface area is 148 Å². The molecule has 0 saturated carbocycles. The van der Waals surface area contributed by atoms with E-state index in [0.717, 1.165) is 10.6 Å². The van der Waals surface area contributed by atoms with Crippen LogP contribution in [0, 0.1) is 0 Å². The van der Waals surface area contributed by atoms with E-state index in [2.05, 4.69) is 5.32 Å². The lowest BCUT2D eigenvalue weighted by molar-refractivity contribution is -0.121. The molecule has 1 aliphatic heterocycles. The molecule has 0 spiro atoms. The average Bonchev–Trinajstić information content (AvgIpc) is 2.84. The van der Waals surface area contributed by atoms with Crippen LogP contribution in [0.4, 0.5) is 0 Å². The van der Waals surface area contributed by atoms with Crippen LogP contribution in [0.1, 0.15) is 12.0 Å². The van der Waals surface area contributed by atoms with E-state index >= 15 is 0 Å². The van der Waals surface area contributed by atoms with Crippen LogP contribution < -0.4 is 10.1 Å². The molecule has 140 valence electrons. The van der Waals surface area contributed by atoms with Gasteiger partial charge in [-0.15, -0.1) is 0 Å². The van der Waals surface area contributed by atoms with Crippen molar-refractivity contribution in [3.8, 4) is 5.75 Å². The highest BCUT2D eigenvalue weighted by atomic mass is 32.2. The maximum absolute atomic E-state index is 12.2. The Balaban J connectivity index is 2.07. The Morgan fingerprint density at radius 2 is 2.04 bits per heavy atom. The van der Waals surface area contributed by atoms with Crippen LogP contribution in [0.3, 0.4) is 0 Å². The molecule has 1 amide bonds. The summed E-state index contributed by atoms with van der Waals surface area (Å²) in [5, 5.41) is 2.60. The molecule has 1 fully saturated rings. The number of methoxy groups -OCH3 is 1. The molecule has 0 aromatic heterocycles. The number of nitrogens with one attached hydrogen (secondary N) is 1. The molecule has 1 aromatic rings. The van der Waals surface area contributed by atoms with Gasteiger partial charge in [0.25, 0.3) is 0 Å². The van der Waals surface area contributed by atoms with Crippen molar-refractivity contribution in [1.82, 2.24) is 9.62 Å². The van der Waals surface area contributed by atoms with Gasteiger partial charge in [0.05, 0.1) is 31.4 Å². The molecule has 0 radical (unpaired) electrons. The number of para-hydroxylation sites is 1. The summed E-state index contributed by atoms with van der Waals surface area (Å²) in [5.74, 6) is -0.0696. The smallest absolute Gasteiger partial charge is 0.235 e. The number of benzene rings is 1. The van der Waals surface area contributed by atoms with Crippen molar-refractivity contribution in [2.75, 3.05) is 31.4 Å². The number of sulfone groups is 1. The normalized spacial score (nSPS) is 19.7. The molecular weight excluding hydrogens is 368 g/mol. The zero-order valence-corrected chi connectivity index (χ0v) is 15.8. The topological polar surface area (TPSA) is 110 Å². The molecule has 25 heavy (non-hydrogen) atoms. The Morgan fingerprint density at radius 3 is 2.60 bits per heavy atom. The molecule has 1 unspecified atom stereocenters. The van der Waals surface area contributed by atoms with Crippen LogP contribution >= 0.6 is 0 Å². The van der Waals surface area contributed by atoms with Crippen molar-refractivity contribution in [3.63, 3.8) is 0 Å². The molecular formula is C15H22N2O6S2. The second-order valence-corrected chi connectivity index (χ2v) is 10.2. The monoisotopic (exact) mass is 390 g/mol. The van der Waals surface area contributed by atoms with E-state index in [-0.39, 0.29) is 24.6 Å². The molecule has 1 aromatic carbocycles. The third-order valence-electron chi connectivity index (χ3n) is 3.93. The molecule has 2 rings (SSSR count). The molecule has 1 N–H and O–H groups in total. The molecule has 0 bridgehead atoms. The summed E-state index contributed by atoms with van der Waals surface area (Å²) in [5.41, 5.74) is 0.631. The van der Waals surface area contributed by atoms with E-state index in [1.807, 2.05) is 0 Å². The second-order valence-electron chi connectivity index (χ2n) is 6.01. The van der Waals surface area contributed by atoms with Gasteiger partial charge in [0.1, 0.15) is 5.75 Å². The summed E-state index contributed by atoms with van der Waals surface area (Å²) in [6, 6.07) is 6.48. The molecule has 10 heteroatoms. The summed E-state index contributed by atoms with van der Waals surface area (Å²) in [6.07, 6.45) is 1.37. The van der Waals surface area contributed by atoms with Gasteiger partial charge in [0, 0.05) is 18.2 Å². The second kappa shape index (κ2) is 7.71. The quantitative estimate of drug-likeness (QED) is 0.688. The Hall–Kier alpha value is -1.65. The first-order valence-electron chi connectivity index (χ1n) is 7.67. The fourth-order valence-corrected chi connectivity index (χ4v) is 5.06. The SMILES string of the molecule is COc1ccccc1CN(CC(=O)NC1CCS(=O)(=O)C1)S(C)(=O)=O. The number of sulfonamides is 1. The van der Waals surface area contributed by atoms with E-state index in [1.165, 1.54) is 7.11 Å². The van der Waals surface area contributed by atoms with Crippen LogP contribution in [0.2, 0.25) is 0 Å². The first-order valence-corrected chi connectivity index (χ1v) is 11.3. The lowest BCUT2D eigenvalue weighted by Crippen LogP contribution is -2.44. The minimum absolute atomic E-state index is 0.0147. The highest BCUT2D eigenvalue weighted by Crippen LogP contribution is 2.20. The standard InChI is InChI=1S/C15H22N2O6S2/c1-23-14-6-4-3-5-12(14)9-17(24(2,19)20)10-15(18)16-13-7-8-25(21,22)11-13/h3-6,13H,7-11H2,1-2H3,(H,16,18). The summed E-state index contributed by atoms with van der Waals surface area (Å²) >= 11 is 0. The predicted molar refractivity (Wildman–Crippen MR) is 93.4 cm³/mol. The summed E-state index contributed by atoms with van der Waals surface area (Å²) in [7, 11) is -5.28. The van der Waals surface area contributed by atoms with Gasteiger partial charge in [-0.3, -0.25) is 4.79 Å². The fraction of sp³-hybridized carbons (Fsp3) is 0.533. The van der Waals surface area contributed by atoms with E-state index < -0.39 is 31.8 Å². The van der Waals surface area contributed by atoms with Gasteiger partial charge >= 0.3 is 0 Å².